The molecule has 0 spiro atoms. The van der Waals surface area contributed by atoms with E-state index in [0.29, 0.717) is 5.82 Å². The van der Waals surface area contributed by atoms with Gasteiger partial charge in [0.2, 0.25) is 0 Å². The van der Waals surface area contributed by atoms with E-state index in [4.69, 9.17) is 5.11 Å². The second-order valence-electron chi connectivity index (χ2n) is 4.86. The Hall–Kier alpha value is -1.51. The van der Waals surface area contributed by atoms with Crippen LogP contribution in [0.1, 0.15) is 13.8 Å². The first kappa shape index (κ1) is 13.9. The molecule has 1 aromatic carbocycles. The van der Waals surface area contributed by atoms with E-state index in [-0.39, 0.29) is 6.54 Å². The van der Waals surface area contributed by atoms with Gasteiger partial charge < -0.3 is 5.11 Å². The second-order valence-corrected chi connectivity index (χ2v) is 6.10. The minimum Gasteiger partial charge on any atom is -0.481 e. The Kier molecular flexibility index (Phi) is 3.83. The van der Waals surface area contributed by atoms with Crippen LogP contribution in [0.25, 0.3) is 11.4 Å². The summed E-state index contributed by atoms with van der Waals surface area (Å²) in [5.41, 5.74) is -0.0561. The number of hydrogen-bond donors (Lipinski definition) is 1. The Balaban J connectivity index is 2.33. The van der Waals surface area contributed by atoms with E-state index in [1.807, 2.05) is 24.3 Å². The first-order valence-corrected chi connectivity index (χ1v) is 6.73. The number of aromatic nitrogens is 4. The zero-order chi connectivity index (χ0) is 14.0. The molecule has 0 radical (unpaired) electrons. The van der Waals surface area contributed by atoms with Crippen molar-refractivity contribution in [3.05, 3.63) is 27.8 Å². The fourth-order valence-corrected chi connectivity index (χ4v) is 1.92. The number of carbonyl (C=O) groups is 1. The molecular weight excluding hydrogens is 359 g/mol. The third-order valence-corrected chi connectivity index (χ3v) is 3.48. The monoisotopic (exact) mass is 372 g/mol. The van der Waals surface area contributed by atoms with Crippen molar-refractivity contribution in [2.45, 2.75) is 20.4 Å². The van der Waals surface area contributed by atoms with Crippen molar-refractivity contribution in [1.82, 2.24) is 20.2 Å². The molecule has 7 heteroatoms. The summed E-state index contributed by atoms with van der Waals surface area (Å²) >= 11 is 2.22. The number of rotatable bonds is 4. The molecule has 100 valence electrons. The van der Waals surface area contributed by atoms with Gasteiger partial charge in [0.25, 0.3) is 0 Å². The molecular formula is C12H13IN4O2. The lowest BCUT2D eigenvalue weighted by atomic mass is 9.94. The first-order valence-electron chi connectivity index (χ1n) is 5.66. The Morgan fingerprint density at radius 3 is 2.58 bits per heavy atom. The van der Waals surface area contributed by atoms with Crippen molar-refractivity contribution in [3.8, 4) is 11.4 Å². The quantitative estimate of drug-likeness (QED) is 0.831. The van der Waals surface area contributed by atoms with Crippen LogP contribution >= 0.6 is 22.6 Å². The molecule has 0 unspecified atom stereocenters. The Bertz CT molecular complexity index is 592. The van der Waals surface area contributed by atoms with Gasteiger partial charge in [0.05, 0.1) is 12.0 Å². The van der Waals surface area contributed by atoms with Gasteiger partial charge in [-0.15, -0.1) is 5.10 Å². The SMILES string of the molecule is CC(C)(Cn1nnnc1-c1ccc(I)cc1)C(=O)O. The molecule has 0 atom stereocenters. The zero-order valence-electron chi connectivity index (χ0n) is 10.5. The van der Waals surface area contributed by atoms with Crippen molar-refractivity contribution in [1.29, 1.82) is 0 Å². The van der Waals surface area contributed by atoms with Crippen LogP contribution in [-0.2, 0) is 11.3 Å². The number of halogens is 1. The maximum atomic E-state index is 11.2. The van der Waals surface area contributed by atoms with Gasteiger partial charge in [0.1, 0.15) is 0 Å². The minimum absolute atomic E-state index is 0.219. The topological polar surface area (TPSA) is 80.9 Å². The average Bonchev–Trinajstić information content (AvgIpc) is 2.77. The average molecular weight is 372 g/mol. The van der Waals surface area contributed by atoms with E-state index < -0.39 is 11.4 Å². The van der Waals surface area contributed by atoms with Crippen LogP contribution in [-0.4, -0.2) is 31.3 Å². The molecule has 0 saturated carbocycles. The van der Waals surface area contributed by atoms with Gasteiger partial charge >= 0.3 is 5.97 Å². The molecule has 1 heterocycles. The molecule has 1 N–H and O–H groups in total. The predicted octanol–water partition coefficient (Wildman–Crippen LogP) is 2.06. The smallest absolute Gasteiger partial charge is 0.310 e. The molecule has 0 bridgehead atoms. The third kappa shape index (κ3) is 3.09. The number of nitrogens with zero attached hydrogens (tertiary/aromatic N) is 4. The molecule has 0 aliphatic heterocycles. The minimum atomic E-state index is -0.923. The Morgan fingerprint density at radius 2 is 2.00 bits per heavy atom. The van der Waals surface area contributed by atoms with Gasteiger partial charge in [-0.3, -0.25) is 4.79 Å². The van der Waals surface area contributed by atoms with Crippen molar-refractivity contribution >= 4 is 28.6 Å². The van der Waals surface area contributed by atoms with Crippen LogP contribution in [0.4, 0.5) is 0 Å². The molecule has 6 nitrogen and oxygen atoms in total. The highest BCUT2D eigenvalue weighted by Gasteiger charge is 2.29. The van der Waals surface area contributed by atoms with E-state index >= 15 is 0 Å². The lowest BCUT2D eigenvalue weighted by Gasteiger charge is -2.19. The zero-order valence-corrected chi connectivity index (χ0v) is 12.7. The highest BCUT2D eigenvalue weighted by molar-refractivity contribution is 14.1. The van der Waals surface area contributed by atoms with Crippen molar-refractivity contribution in [2.75, 3.05) is 0 Å². The number of hydrogen-bond acceptors (Lipinski definition) is 4. The van der Waals surface area contributed by atoms with Crippen molar-refractivity contribution in [2.24, 2.45) is 5.41 Å². The van der Waals surface area contributed by atoms with E-state index in [1.54, 1.807) is 13.8 Å². The van der Waals surface area contributed by atoms with Crippen LogP contribution in [0, 0.1) is 8.99 Å². The summed E-state index contributed by atoms with van der Waals surface area (Å²) in [6.45, 7) is 3.51. The second kappa shape index (κ2) is 5.24. The number of carboxylic acids is 1. The largest absolute Gasteiger partial charge is 0.481 e. The number of carboxylic acid groups (broad SMARTS) is 1. The van der Waals surface area contributed by atoms with Gasteiger partial charge in [-0.1, -0.05) is 12.1 Å². The third-order valence-electron chi connectivity index (χ3n) is 2.76. The summed E-state index contributed by atoms with van der Waals surface area (Å²) in [5, 5.41) is 20.6. The standard InChI is InChI=1S/C12H13IN4O2/c1-12(2,11(18)19)7-17-10(14-15-16-17)8-3-5-9(13)6-4-8/h3-6H,7H2,1-2H3,(H,18,19). The fraction of sp³-hybridized carbons (Fsp3) is 0.333. The Morgan fingerprint density at radius 1 is 1.37 bits per heavy atom. The van der Waals surface area contributed by atoms with E-state index in [0.717, 1.165) is 9.13 Å². The lowest BCUT2D eigenvalue weighted by molar-refractivity contribution is -0.147. The highest BCUT2D eigenvalue weighted by Crippen LogP contribution is 2.22. The molecule has 0 aliphatic rings. The fourth-order valence-electron chi connectivity index (χ4n) is 1.56. The summed E-state index contributed by atoms with van der Waals surface area (Å²) in [5.74, 6) is -0.303. The van der Waals surface area contributed by atoms with Crippen molar-refractivity contribution in [3.63, 3.8) is 0 Å². The number of aliphatic carboxylic acids is 1. The van der Waals surface area contributed by atoms with Crippen molar-refractivity contribution < 1.29 is 9.90 Å². The molecule has 2 rings (SSSR count). The molecule has 19 heavy (non-hydrogen) atoms. The summed E-state index contributed by atoms with van der Waals surface area (Å²) in [4.78, 5) is 11.2. The first-order chi connectivity index (χ1) is 8.90. The van der Waals surface area contributed by atoms with Crippen LogP contribution < -0.4 is 0 Å². The van der Waals surface area contributed by atoms with Crippen LogP contribution in [0.3, 0.4) is 0 Å². The van der Waals surface area contributed by atoms with Crippen LogP contribution in [0.2, 0.25) is 0 Å². The number of benzene rings is 1. The summed E-state index contributed by atoms with van der Waals surface area (Å²) in [7, 11) is 0. The molecule has 0 aliphatic carbocycles. The normalized spacial score (nSPS) is 11.5. The lowest BCUT2D eigenvalue weighted by Crippen LogP contribution is -2.30. The van der Waals surface area contributed by atoms with Gasteiger partial charge in [-0.05, 0) is 59.0 Å². The molecule has 0 fully saturated rings. The van der Waals surface area contributed by atoms with Crippen LogP contribution in [0.5, 0.6) is 0 Å². The molecule has 0 amide bonds. The summed E-state index contributed by atoms with van der Waals surface area (Å²) < 4.78 is 2.64. The molecule has 2 aromatic rings. The maximum absolute atomic E-state index is 11.2. The Labute approximate surface area is 124 Å². The summed E-state index contributed by atoms with van der Waals surface area (Å²) in [6.07, 6.45) is 0. The van der Waals surface area contributed by atoms with E-state index in [1.165, 1.54) is 4.68 Å². The van der Waals surface area contributed by atoms with Gasteiger partial charge in [0, 0.05) is 9.13 Å². The number of tetrazole rings is 1. The maximum Gasteiger partial charge on any atom is 0.310 e. The van der Waals surface area contributed by atoms with Gasteiger partial charge in [0.15, 0.2) is 5.82 Å². The summed E-state index contributed by atoms with van der Waals surface area (Å²) in [6, 6.07) is 7.74. The van der Waals surface area contributed by atoms with Gasteiger partial charge in [-0.25, -0.2) is 4.68 Å². The molecule has 1 aromatic heterocycles. The highest BCUT2D eigenvalue weighted by atomic mass is 127. The van der Waals surface area contributed by atoms with E-state index in [9.17, 15) is 4.79 Å². The van der Waals surface area contributed by atoms with Gasteiger partial charge in [-0.2, -0.15) is 0 Å². The van der Waals surface area contributed by atoms with Crippen LogP contribution in [0.15, 0.2) is 24.3 Å². The molecule has 0 saturated heterocycles. The van der Waals surface area contributed by atoms with E-state index in [2.05, 4.69) is 38.1 Å². The predicted molar refractivity (Wildman–Crippen MR) is 77.4 cm³/mol.